The second kappa shape index (κ2) is 5.09. The molecule has 0 aliphatic heterocycles. The minimum atomic E-state index is -0.682. The third-order valence-electron chi connectivity index (χ3n) is 1.63. The Kier molecular flexibility index (Phi) is 4.30. The summed E-state index contributed by atoms with van der Waals surface area (Å²) >= 11 is 13.0. The molecule has 0 saturated heterocycles. The highest BCUT2D eigenvalue weighted by Gasteiger charge is 2.23. The van der Waals surface area contributed by atoms with E-state index < -0.39 is 10.7 Å². The minimum absolute atomic E-state index is 0.0492. The summed E-state index contributed by atoms with van der Waals surface area (Å²) in [6, 6.07) is 2.82. The van der Waals surface area contributed by atoms with E-state index in [2.05, 4.69) is 0 Å². The molecule has 0 heterocycles. The molecule has 15 heavy (non-hydrogen) atoms. The first-order valence-electron chi connectivity index (χ1n) is 3.70. The summed E-state index contributed by atoms with van der Waals surface area (Å²) in [4.78, 5) is 21.4. The summed E-state index contributed by atoms with van der Waals surface area (Å²) in [6.07, 6.45) is 0. The molecule has 1 rings (SSSR count). The van der Waals surface area contributed by atoms with Gasteiger partial charge in [-0.3, -0.25) is 14.9 Å². The fraction of sp³-hybridized carbons (Fsp3) is 0.125. The number of ketones is 1. The van der Waals surface area contributed by atoms with Gasteiger partial charge in [0.1, 0.15) is 5.02 Å². The van der Waals surface area contributed by atoms with E-state index in [4.69, 9.17) is 23.2 Å². The van der Waals surface area contributed by atoms with Crippen LogP contribution in [0.3, 0.4) is 0 Å². The number of nitro benzene ring substituents is 1. The Hall–Kier alpha value is -0.400. The molecular formula is C8H4Cl2INO3. The monoisotopic (exact) mass is 359 g/mol. The lowest BCUT2D eigenvalue weighted by Crippen LogP contribution is -2.06. The van der Waals surface area contributed by atoms with Gasteiger partial charge in [0.2, 0.25) is 0 Å². The quantitative estimate of drug-likeness (QED) is 0.273. The van der Waals surface area contributed by atoms with Crippen LogP contribution in [0.25, 0.3) is 0 Å². The standard InChI is InChI=1S/C8H4Cl2INO3/c9-3-7(13)5-1-4(11)2-6(10)8(5)12(14)15/h1-2H,3H2. The second-order valence-corrected chi connectivity index (χ2v) is 4.52. The first-order valence-corrected chi connectivity index (χ1v) is 5.69. The summed E-state index contributed by atoms with van der Waals surface area (Å²) in [6.45, 7) is 0. The maximum absolute atomic E-state index is 11.3. The highest BCUT2D eigenvalue weighted by atomic mass is 127. The predicted octanol–water partition coefficient (Wildman–Crippen LogP) is 3.27. The van der Waals surface area contributed by atoms with E-state index in [1.165, 1.54) is 12.1 Å². The lowest BCUT2D eigenvalue weighted by molar-refractivity contribution is -0.385. The average molecular weight is 360 g/mol. The molecule has 0 unspecified atom stereocenters. The number of rotatable bonds is 3. The summed E-state index contributed by atoms with van der Waals surface area (Å²) in [5, 5.41) is 10.6. The van der Waals surface area contributed by atoms with Crippen molar-refractivity contribution in [2.45, 2.75) is 0 Å². The third-order valence-corrected chi connectivity index (χ3v) is 2.79. The zero-order valence-electron chi connectivity index (χ0n) is 7.17. The number of carbonyl (C=O) groups excluding carboxylic acids is 1. The Balaban J connectivity index is 3.46. The Morgan fingerprint density at radius 3 is 2.60 bits per heavy atom. The van der Waals surface area contributed by atoms with Gasteiger partial charge in [-0.05, 0) is 34.7 Å². The van der Waals surface area contributed by atoms with E-state index >= 15 is 0 Å². The van der Waals surface area contributed by atoms with E-state index in [0.29, 0.717) is 3.57 Å². The number of nitro groups is 1. The van der Waals surface area contributed by atoms with Crippen LogP contribution in [0.2, 0.25) is 5.02 Å². The van der Waals surface area contributed by atoms with Gasteiger partial charge in [0.05, 0.1) is 16.4 Å². The Morgan fingerprint density at radius 2 is 2.13 bits per heavy atom. The molecule has 1 aromatic rings. The van der Waals surface area contributed by atoms with Gasteiger partial charge in [-0.25, -0.2) is 0 Å². The van der Waals surface area contributed by atoms with Crippen LogP contribution in [0.15, 0.2) is 12.1 Å². The second-order valence-electron chi connectivity index (χ2n) is 2.60. The van der Waals surface area contributed by atoms with E-state index in [-0.39, 0.29) is 22.2 Å². The van der Waals surface area contributed by atoms with Crippen molar-refractivity contribution >= 4 is 57.3 Å². The number of hydrogen-bond donors (Lipinski definition) is 0. The topological polar surface area (TPSA) is 60.2 Å². The van der Waals surface area contributed by atoms with Gasteiger partial charge >= 0.3 is 0 Å². The van der Waals surface area contributed by atoms with Crippen molar-refractivity contribution in [3.8, 4) is 0 Å². The zero-order chi connectivity index (χ0) is 11.6. The smallest absolute Gasteiger partial charge is 0.293 e. The molecule has 0 amide bonds. The number of alkyl halides is 1. The normalized spacial score (nSPS) is 10.1. The number of benzene rings is 1. The van der Waals surface area contributed by atoms with E-state index in [1.807, 2.05) is 22.6 Å². The number of hydrogen-bond acceptors (Lipinski definition) is 3. The first kappa shape index (κ1) is 12.7. The van der Waals surface area contributed by atoms with Crippen molar-refractivity contribution < 1.29 is 9.72 Å². The van der Waals surface area contributed by atoms with Crippen molar-refractivity contribution in [1.82, 2.24) is 0 Å². The molecule has 0 aliphatic rings. The summed E-state index contributed by atoms with van der Waals surface area (Å²) < 4.78 is 0.650. The molecule has 0 aliphatic carbocycles. The number of nitrogens with zero attached hydrogens (tertiary/aromatic N) is 1. The molecule has 0 N–H and O–H groups in total. The van der Waals surface area contributed by atoms with Crippen LogP contribution in [0, 0.1) is 13.7 Å². The molecule has 0 fully saturated rings. The van der Waals surface area contributed by atoms with Crippen molar-refractivity contribution in [3.63, 3.8) is 0 Å². The third kappa shape index (κ3) is 2.79. The lowest BCUT2D eigenvalue weighted by atomic mass is 10.1. The van der Waals surface area contributed by atoms with E-state index in [0.717, 1.165) is 0 Å². The van der Waals surface area contributed by atoms with Crippen LogP contribution in [0.4, 0.5) is 5.69 Å². The summed E-state index contributed by atoms with van der Waals surface area (Å²) in [7, 11) is 0. The van der Waals surface area contributed by atoms with Crippen LogP contribution in [0.5, 0.6) is 0 Å². The molecule has 0 bridgehead atoms. The van der Waals surface area contributed by atoms with Gasteiger partial charge in [0, 0.05) is 3.57 Å². The Bertz CT molecular complexity index is 436. The summed E-state index contributed by atoms with van der Waals surface area (Å²) in [5.41, 5.74) is -0.436. The van der Waals surface area contributed by atoms with Gasteiger partial charge in [-0.1, -0.05) is 11.6 Å². The Labute approximate surface area is 109 Å². The highest BCUT2D eigenvalue weighted by Crippen LogP contribution is 2.31. The van der Waals surface area contributed by atoms with Crippen LogP contribution >= 0.6 is 45.8 Å². The van der Waals surface area contributed by atoms with Gasteiger partial charge < -0.3 is 0 Å². The van der Waals surface area contributed by atoms with Crippen LogP contribution < -0.4 is 0 Å². The zero-order valence-corrected chi connectivity index (χ0v) is 10.8. The lowest BCUT2D eigenvalue weighted by Gasteiger charge is -2.02. The van der Waals surface area contributed by atoms with Crippen LogP contribution in [0.1, 0.15) is 10.4 Å². The van der Waals surface area contributed by atoms with Gasteiger partial charge in [-0.2, -0.15) is 0 Å². The largest absolute Gasteiger partial charge is 0.298 e. The molecule has 0 spiro atoms. The van der Waals surface area contributed by atoms with Crippen molar-refractivity contribution in [3.05, 3.63) is 36.4 Å². The van der Waals surface area contributed by atoms with Crippen LogP contribution in [-0.4, -0.2) is 16.6 Å². The van der Waals surface area contributed by atoms with Crippen LogP contribution in [-0.2, 0) is 0 Å². The van der Waals surface area contributed by atoms with E-state index in [9.17, 15) is 14.9 Å². The SMILES string of the molecule is O=C(CCl)c1cc(I)cc(Cl)c1[N+](=O)[O-]. The molecule has 1 aromatic carbocycles. The van der Waals surface area contributed by atoms with Crippen molar-refractivity contribution in [2.24, 2.45) is 0 Å². The van der Waals surface area contributed by atoms with Gasteiger partial charge in [-0.15, -0.1) is 11.6 Å². The first-order chi connectivity index (χ1) is 6.97. The average Bonchev–Trinajstić information content (AvgIpc) is 2.14. The minimum Gasteiger partial charge on any atom is -0.293 e. The van der Waals surface area contributed by atoms with E-state index in [1.54, 1.807) is 0 Å². The molecule has 0 aromatic heterocycles. The number of Topliss-reactive ketones (excluding diaryl/α,β-unsaturated/α-hetero) is 1. The maximum atomic E-state index is 11.3. The number of halogens is 3. The maximum Gasteiger partial charge on any atom is 0.298 e. The molecule has 7 heteroatoms. The predicted molar refractivity (Wildman–Crippen MR) is 65.9 cm³/mol. The van der Waals surface area contributed by atoms with Gasteiger partial charge in [0.15, 0.2) is 5.78 Å². The fourth-order valence-corrected chi connectivity index (χ4v) is 2.28. The molecular weight excluding hydrogens is 356 g/mol. The molecule has 80 valence electrons. The van der Waals surface area contributed by atoms with Crippen molar-refractivity contribution in [1.29, 1.82) is 0 Å². The highest BCUT2D eigenvalue weighted by molar-refractivity contribution is 14.1. The molecule has 0 atom stereocenters. The van der Waals surface area contributed by atoms with Gasteiger partial charge in [0.25, 0.3) is 5.69 Å². The fourth-order valence-electron chi connectivity index (χ4n) is 1.04. The molecule has 4 nitrogen and oxygen atoms in total. The molecule has 0 radical (unpaired) electrons. The molecule has 0 saturated carbocycles. The number of carbonyl (C=O) groups is 1. The summed E-state index contributed by atoms with van der Waals surface area (Å²) in [5.74, 6) is -0.819. The Morgan fingerprint density at radius 1 is 1.53 bits per heavy atom. The van der Waals surface area contributed by atoms with Crippen molar-refractivity contribution in [2.75, 3.05) is 5.88 Å².